The first-order valence-electron chi connectivity index (χ1n) is 10.0. The summed E-state index contributed by atoms with van der Waals surface area (Å²) in [5.74, 6) is 0.468. The van der Waals surface area contributed by atoms with Gasteiger partial charge in [0.1, 0.15) is 11.9 Å². The Hall–Kier alpha value is -2.72. The van der Waals surface area contributed by atoms with E-state index in [-0.39, 0.29) is 11.7 Å². The second kappa shape index (κ2) is 13.0. The van der Waals surface area contributed by atoms with Crippen LogP contribution in [0.1, 0.15) is 18.9 Å². The number of aromatic nitrogens is 2. The number of nitrogens with two attached hydrogens (primary N) is 1. The van der Waals surface area contributed by atoms with Gasteiger partial charge in [0.2, 0.25) is 5.91 Å². The molecular weight excluding hydrogens is 448 g/mol. The number of ether oxygens (including phenoxy) is 1. The lowest BCUT2D eigenvalue weighted by atomic mass is 10.2. The molecule has 0 aliphatic heterocycles. The predicted molar refractivity (Wildman–Crippen MR) is 130 cm³/mol. The maximum atomic E-state index is 13.0. The summed E-state index contributed by atoms with van der Waals surface area (Å²) >= 11 is 2.66. The molecule has 0 radical (unpaired) electrons. The van der Waals surface area contributed by atoms with E-state index in [1.165, 1.54) is 24.9 Å². The molecule has 172 valence electrons. The maximum absolute atomic E-state index is 13.0. The number of hydrogen-bond donors (Lipinski definition) is 2. The highest BCUT2D eigenvalue weighted by molar-refractivity contribution is 8.00. The molecule has 0 aliphatic rings. The Balaban J connectivity index is 2.09. The van der Waals surface area contributed by atoms with Gasteiger partial charge in [0.15, 0.2) is 5.16 Å². The van der Waals surface area contributed by atoms with Crippen molar-refractivity contribution in [1.29, 1.82) is 0 Å². The largest absolute Gasteiger partial charge is 0.467 e. The van der Waals surface area contributed by atoms with Crippen LogP contribution in [0, 0.1) is 0 Å². The Kier molecular flexibility index (Phi) is 10.4. The summed E-state index contributed by atoms with van der Waals surface area (Å²) in [6.45, 7) is 5.88. The van der Waals surface area contributed by atoms with E-state index in [4.69, 9.17) is 10.5 Å². The predicted octanol–water partition coefficient (Wildman–Crippen LogP) is 2.47. The average Bonchev–Trinajstić information content (AvgIpc) is 2.78. The highest BCUT2D eigenvalue weighted by Crippen LogP contribution is 2.25. The van der Waals surface area contributed by atoms with Crippen molar-refractivity contribution < 1.29 is 14.3 Å². The molecule has 2 unspecified atom stereocenters. The van der Waals surface area contributed by atoms with Crippen LogP contribution < -0.4 is 16.6 Å². The molecule has 0 saturated carbocycles. The molecule has 1 heterocycles. The van der Waals surface area contributed by atoms with Crippen LogP contribution in [0.4, 0.5) is 5.82 Å². The zero-order valence-corrected chi connectivity index (χ0v) is 19.8. The van der Waals surface area contributed by atoms with E-state index in [1.807, 2.05) is 37.3 Å². The minimum atomic E-state index is -0.792. The molecule has 10 heteroatoms. The van der Waals surface area contributed by atoms with E-state index in [2.05, 4.69) is 16.9 Å². The lowest BCUT2D eigenvalue weighted by Crippen LogP contribution is -2.46. The van der Waals surface area contributed by atoms with E-state index in [0.717, 1.165) is 17.3 Å². The van der Waals surface area contributed by atoms with Crippen molar-refractivity contribution in [3.8, 4) is 0 Å². The van der Waals surface area contributed by atoms with Crippen LogP contribution in [0.15, 0.2) is 59.0 Å². The first kappa shape index (κ1) is 25.5. The molecular formula is C22H28N4O4S2. The third kappa shape index (κ3) is 7.45. The zero-order valence-electron chi connectivity index (χ0n) is 18.2. The zero-order chi connectivity index (χ0) is 23.5. The number of nitrogens with one attached hydrogen (secondary N) is 1. The summed E-state index contributed by atoms with van der Waals surface area (Å²) in [4.78, 5) is 41.1. The van der Waals surface area contributed by atoms with Crippen LogP contribution in [0.3, 0.4) is 0 Å². The number of esters is 1. The molecule has 0 fully saturated rings. The molecule has 0 spiro atoms. The molecule has 2 aromatic rings. The Morgan fingerprint density at radius 3 is 2.69 bits per heavy atom. The molecule has 1 aromatic carbocycles. The van der Waals surface area contributed by atoms with Crippen LogP contribution >= 0.6 is 23.5 Å². The number of rotatable bonds is 12. The minimum Gasteiger partial charge on any atom is -0.467 e. The number of amides is 1. The number of nitrogen functional groups attached to an aromatic ring is 1. The summed E-state index contributed by atoms with van der Waals surface area (Å²) in [7, 11) is 1.29. The van der Waals surface area contributed by atoms with E-state index < -0.39 is 22.8 Å². The Bertz CT molecular complexity index is 982. The van der Waals surface area contributed by atoms with Crippen molar-refractivity contribution in [3.05, 3.63) is 65.0 Å². The number of nitrogens with zero attached hydrogens (tertiary/aromatic N) is 2. The van der Waals surface area contributed by atoms with Crippen molar-refractivity contribution >= 4 is 41.2 Å². The van der Waals surface area contributed by atoms with Crippen molar-refractivity contribution in [2.24, 2.45) is 0 Å². The average molecular weight is 477 g/mol. The van der Waals surface area contributed by atoms with Gasteiger partial charge in [0.25, 0.3) is 5.56 Å². The quantitative estimate of drug-likeness (QED) is 0.208. The van der Waals surface area contributed by atoms with Gasteiger partial charge in [-0.25, -0.2) is 4.79 Å². The molecule has 2 rings (SSSR count). The highest BCUT2D eigenvalue weighted by Gasteiger charge is 2.27. The van der Waals surface area contributed by atoms with Gasteiger partial charge in [-0.2, -0.15) is 16.7 Å². The second-order valence-electron chi connectivity index (χ2n) is 6.80. The molecule has 32 heavy (non-hydrogen) atoms. The fourth-order valence-corrected chi connectivity index (χ4v) is 4.85. The molecule has 0 bridgehead atoms. The fraction of sp³-hybridized carbons (Fsp3) is 0.364. The van der Waals surface area contributed by atoms with Crippen LogP contribution in [0.5, 0.6) is 0 Å². The minimum absolute atomic E-state index is 0.243. The van der Waals surface area contributed by atoms with Gasteiger partial charge in [-0.3, -0.25) is 9.59 Å². The van der Waals surface area contributed by atoms with Crippen LogP contribution in [0.25, 0.3) is 0 Å². The van der Waals surface area contributed by atoms with Crippen LogP contribution in [-0.2, 0) is 26.6 Å². The first-order chi connectivity index (χ1) is 15.4. The van der Waals surface area contributed by atoms with Crippen molar-refractivity contribution in [3.63, 3.8) is 0 Å². The number of allylic oxidation sites excluding steroid dienone is 1. The van der Waals surface area contributed by atoms with Gasteiger partial charge >= 0.3 is 5.97 Å². The molecule has 2 atom stereocenters. The van der Waals surface area contributed by atoms with Crippen molar-refractivity contribution in [2.45, 2.75) is 42.1 Å². The van der Waals surface area contributed by atoms with E-state index in [9.17, 15) is 14.4 Å². The SMILES string of the molecule is C=CCn1c(N)cc(=O)nc1SC(CC)C(=O)NC(CSCc1ccccc1)C(=O)OC. The lowest BCUT2D eigenvalue weighted by molar-refractivity contribution is -0.144. The molecule has 1 amide bonds. The van der Waals surface area contributed by atoms with Crippen LogP contribution in [0.2, 0.25) is 0 Å². The highest BCUT2D eigenvalue weighted by atomic mass is 32.2. The van der Waals surface area contributed by atoms with E-state index in [0.29, 0.717) is 29.6 Å². The molecule has 1 aromatic heterocycles. The lowest BCUT2D eigenvalue weighted by Gasteiger charge is -2.21. The smallest absolute Gasteiger partial charge is 0.329 e. The van der Waals surface area contributed by atoms with Gasteiger partial charge < -0.3 is 20.4 Å². The Morgan fingerprint density at radius 1 is 1.34 bits per heavy atom. The summed E-state index contributed by atoms with van der Waals surface area (Å²) in [6.07, 6.45) is 2.09. The Morgan fingerprint density at radius 2 is 2.06 bits per heavy atom. The van der Waals surface area contributed by atoms with Gasteiger partial charge in [-0.1, -0.05) is 55.1 Å². The number of thioether (sulfide) groups is 2. The third-order valence-corrected chi connectivity index (χ3v) is 6.90. The number of methoxy groups -OCH3 is 1. The number of anilines is 1. The second-order valence-corrected chi connectivity index (χ2v) is 9.00. The maximum Gasteiger partial charge on any atom is 0.329 e. The number of benzene rings is 1. The third-order valence-electron chi connectivity index (χ3n) is 4.44. The van der Waals surface area contributed by atoms with E-state index >= 15 is 0 Å². The molecule has 0 saturated heterocycles. The monoisotopic (exact) mass is 476 g/mol. The fourth-order valence-electron chi connectivity index (χ4n) is 2.80. The number of carbonyl (C=O) groups is 2. The van der Waals surface area contributed by atoms with Gasteiger partial charge in [-0.05, 0) is 12.0 Å². The first-order valence-corrected chi connectivity index (χ1v) is 12.1. The standard InChI is InChI=1S/C22H28N4O4S2/c1-4-11-26-18(23)12-19(27)25-22(26)32-17(5-2)20(28)24-16(21(29)30-3)14-31-13-15-9-7-6-8-10-15/h4,6-10,12,16-17H,1,5,11,13-14,23H2,2-3H3,(H,24,28). The van der Waals surface area contributed by atoms with Crippen LogP contribution in [-0.4, -0.2) is 45.6 Å². The molecule has 0 aliphatic carbocycles. The normalized spacial score (nSPS) is 12.6. The number of hydrogen-bond acceptors (Lipinski definition) is 8. The molecule has 8 nitrogen and oxygen atoms in total. The van der Waals surface area contributed by atoms with Gasteiger partial charge in [0.05, 0.1) is 12.4 Å². The summed E-state index contributed by atoms with van der Waals surface area (Å²) in [6, 6.07) is 10.3. The topological polar surface area (TPSA) is 116 Å². The summed E-state index contributed by atoms with van der Waals surface area (Å²) < 4.78 is 6.48. The summed E-state index contributed by atoms with van der Waals surface area (Å²) in [5.41, 5.74) is 6.59. The van der Waals surface area contributed by atoms with Gasteiger partial charge in [0, 0.05) is 24.1 Å². The van der Waals surface area contributed by atoms with Crippen molar-refractivity contribution in [2.75, 3.05) is 18.6 Å². The Labute approximate surface area is 196 Å². The van der Waals surface area contributed by atoms with Crippen molar-refractivity contribution in [1.82, 2.24) is 14.9 Å². The van der Waals surface area contributed by atoms with E-state index in [1.54, 1.807) is 10.6 Å². The molecule has 3 N–H and O–H groups in total. The summed E-state index contributed by atoms with van der Waals surface area (Å²) in [5, 5.41) is 2.53. The number of carbonyl (C=O) groups excluding carboxylic acids is 2. The van der Waals surface area contributed by atoms with Gasteiger partial charge in [-0.15, -0.1) is 6.58 Å².